The van der Waals surface area contributed by atoms with Crippen LogP contribution < -0.4 is 5.32 Å². The van der Waals surface area contributed by atoms with E-state index in [1.165, 1.54) is 17.4 Å². The third kappa shape index (κ3) is 6.94. The van der Waals surface area contributed by atoms with Crippen LogP contribution in [0.2, 0.25) is 5.02 Å². The monoisotopic (exact) mass is 506 g/mol. The molecule has 3 aromatic carbocycles. The van der Waals surface area contributed by atoms with Gasteiger partial charge in [0.1, 0.15) is 11.9 Å². The van der Waals surface area contributed by atoms with E-state index >= 15 is 0 Å². The zero-order chi connectivity index (χ0) is 25.3. The normalized spacial score (nSPS) is 14.7. The zero-order valence-electron chi connectivity index (χ0n) is 20.3. The Hall–Kier alpha value is -3.18. The number of carbonyl (C=O) groups excluding carboxylic acids is 2. The Morgan fingerprint density at radius 3 is 2.22 bits per heavy atom. The summed E-state index contributed by atoms with van der Waals surface area (Å²) in [7, 11) is 0. The third-order valence-corrected chi connectivity index (χ3v) is 7.19. The second kappa shape index (κ2) is 12.7. The first-order valence-corrected chi connectivity index (χ1v) is 13.0. The van der Waals surface area contributed by atoms with Crippen molar-refractivity contribution in [3.05, 3.63) is 106 Å². The summed E-state index contributed by atoms with van der Waals surface area (Å²) < 4.78 is 14.7. The van der Waals surface area contributed by atoms with E-state index in [0.29, 0.717) is 22.6 Å². The number of halogens is 2. The van der Waals surface area contributed by atoms with Crippen LogP contribution in [0.15, 0.2) is 78.9 Å². The van der Waals surface area contributed by atoms with Gasteiger partial charge in [-0.25, -0.2) is 4.39 Å². The Labute approximate surface area is 217 Å². The van der Waals surface area contributed by atoms with Crippen molar-refractivity contribution < 1.29 is 14.0 Å². The predicted molar refractivity (Wildman–Crippen MR) is 141 cm³/mol. The van der Waals surface area contributed by atoms with Crippen molar-refractivity contribution in [3.63, 3.8) is 0 Å². The van der Waals surface area contributed by atoms with Gasteiger partial charge in [-0.1, -0.05) is 97.6 Å². The number of hydrogen-bond acceptors (Lipinski definition) is 2. The number of nitrogens with zero attached hydrogens (tertiary/aromatic N) is 1. The van der Waals surface area contributed by atoms with Crippen LogP contribution in [0.3, 0.4) is 0 Å². The molecule has 2 amide bonds. The summed E-state index contributed by atoms with van der Waals surface area (Å²) in [5, 5.41) is 3.69. The summed E-state index contributed by atoms with van der Waals surface area (Å²) in [5.41, 5.74) is 1.98. The number of hydrogen-bond donors (Lipinski definition) is 1. The summed E-state index contributed by atoms with van der Waals surface area (Å²) in [5.74, 6) is -0.875. The van der Waals surface area contributed by atoms with E-state index < -0.39 is 11.9 Å². The molecular weight excluding hydrogens is 475 g/mol. The van der Waals surface area contributed by atoms with Crippen molar-refractivity contribution in [2.45, 2.75) is 63.6 Å². The third-order valence-electron chi connectivity index (χ3n) is 6.82. The number of amides is 2. The van der Waals surface area contributed by atoms with Crippen LogP contribution >= 0.6 is 11.6 Å². The largest absolute Gasteiger partial charge is 0.352 e. The summed E-state index contributed by atoms with van der Waals surface area (Å²) in [4.78, 5) is 29.0. The Morgan fingerprint density at radius 2 is 1.53 bits per heavy atom. The molecule has 1 fully saturated rings. The average molecular weight is 507 g/mol. The SMILES string of the molecule is O=C(NC1CCCCC1)C(Cc1ccccc1)N(Cc1ccccc1F)C(=O)Cc1ccccc1Cl. The van der Waals surface area contributed by atoms with Gasteiger partial charge in [0.25, 0.3) is 0 Å². The van der Waals surface area contributed by atoms with Gasteiger partial charge < -0.3 is 10.2 Å². The van der Waals surface area contributed by atoms with Crippen molar-refractivity contribution in [3.8, 4) is 0 Å². The first-order valence-electron chi connectivity index (χ1n) is 12.6. The van der Waals surface area contributed by atoms with Crippen LogP contribution in [0, 0.1) is 5.82 Å². The van der Waals surface area contributed by atoms with E-state index in [1.54, 1.807) is 30.3 Å². The minimum atomic E-state index is -0.788. The highest BCUT2D eigenvalue weighted by molar-refractivity contribution is 6.31. The molecule has 188 valence electrons. The molecule has 1 N–H and O–H groups in total. The van der Waals surface area contributed by atoms with Gasteiger partial charge in [-0.15, -0.1) is 0 Å². The lowest BCUT2D eigenvalue weighted by atomic mass is 9.94. The molecule has 0 bridgehead atoms. The average Bonchev–Trinajstić information content (AvgIpc) is 2.89. The summed E-state index contributed by atoms with van der Waals surface area (Å²) >= 11 is 6.35. The molecule has 1 unspecified atom stereocenters. The number of carbonyl (C=O) groups is 2. The predicted octanol–water partition coefficient (Wildman–Crippen LogP) is 6.11. The summed E-state index contributed by atoms with van der Waals surface area (Å²) in [6, 6.07) is 22.5. The molecule has 0 aromatic heterocycles. The van der Waals surface area contributed by atoms with E-state index in [1.807, 2.05) is 42.5 Å². The van der Waals surface area contributed by atoms with Crippen LogP contribution in [-0.2, 0) is 29.0 Å². The highest BCUT2D eigenvalue weighted by atomic mass is 35.5. The molecule has 36 heavy (non-hydrogen) atoms. The van der Waals surface area contributed by atoms with E-state index in [0.717, 1.165) is 31.2 Å². The second-order valence-electron chi connectivity index (χ2n) is 9.43. The van der Waals surface area contributed by atoms with Gasteiger partial charge in [0.15, 0.2) is 0 Å². The molecule has 1 aliphatic rings. The maximum atomic E-state index is 14.7. The molecule has 0 heterocycles. The topological polar surface area (TPSA) is 49.4 Å². The van der Waals surface area contributed by atoms with Gasteiger partial charge in [-0.3, -0.25) is 9.59 Å². The van der Waals surface area contributed by atoms with E-state index in [-0.39, 0.29) is 30.8 Å². The van der Waals surface area contributed by atoms with E-state index in [2.05, 4.69) is 5.32 Å². The highest BCUT2D eigenvalue weighted by Crippen LogP contribution is 2.22. The van der Waals surface area contributed by atoms with Crippen LogP contribution in [0.25, 0.3) is 0 Å². The Morgan fingerprint density at radius 1 is 0.889 bits per heavy atom. The van der Waals surface area contributed by atoms with Gasteiger partial charge in [0.05, 0.1) is 6.42 Å². The lowest BCUT2D eigenvalue weighted by molar-refractivity contribution is -0.141. The van der Waals surface area contributed by atoms with Crippen LogP contribution in [-0.4, -0.2) is 28.8 Å². The molecule has 4 rings (SSSR count). The molecule has 0 aliphatic heterocycles. The Bertz CT molecular complexity index is 1160. The fourth-order valence-corrected chi connectivity index (χ4v) is 5.02. The fourth-order valence-electron chi connectivity index (χ4n) is 4.81. The molecule has 6 heteroatoms. The van der Waals surface area contributed by atoms with Crippen molar-refractivity contribution in [1.29, 1.82) is 0 Å². The van der Waals surface area contributed by atoms with Gasteiger partial charge in [0, 0.05) is 29.6 Å². The standard InChI is InChI=1S/C30H32ClFN2O2/c31-26-17-9-7-13-23(26)20-29(35)34(21-24-14-8-10-18-27(24)32)28(19-22-11-3-1-4-12-22)30(36)33-25-15-5-2-6-16-25/h1,3-4,7-14,17-18,25,28H,2,5-6,15-16,19-21H2,(H,33,36). The summed E-state index contributed by atoms with van der Waals surface area (Å²) in [6.45, 7) is -0.00839. The van der Waals surface area contributed by atoms with Crippen LogP contribution in [0.4, 0.5) is 4.39 Å². The lowest BCUT2D eigenvalue weighted by Gasteiger charge is -2.33. The molecular formula is C30H32ClFN2O2. The first kappa shape index (κ1) is 25.9. The molecule has 1 atom stereocenters. The minimum Gasteiger partial charge on any atom is -0.352 e. The first-order chi connectivity index (χ1) is 17.5. The number of nitrogens with one attached hydrogen (secondary N) is 1. The molecule has 3 aromatic rings. The van der Waals surface area contributed by atoms with Crippen LogP contribution in [0.1, 0.15) is 48.8 Å². The van der Waals surface area contributed by atoms with Gasteiger partial charge >= 0.3 is 0 Å². The molecule has 4 nitrogen and oxygen atoms in total. The van der Waals surface area contributed by atoms with E-state index in [9.17, 15) is 14.0 Å². The maximum absolute atomic E-state index is 14.7. The van der Waals surface area contributed by atoms with Crippen LogP contribution in [0.5, 0.6) is 0 Å². The Kier molecular flexibility index (Phi) is 9.12. The fraction of sp³-hybridized carbons (Fsp3) is 0.333. The van der Waals surface area contributed by atoms with Crippen molar-refractivity contribution >= 4 is 23.4 Å². The second-order valence-corrected chi connectivity index (χ2v) is 9.84. The molecule has 1 aliphatic carbocycles. The number of benzene rings is 3. The van der Waals surface area contributed by atoms with Gasteiger partial charge in [-0.2, -0.15) is 0 Å². The van der Waals surface area contributed by atoms with Gasteiger partial charge in [0.2, 0.25) is 11.8 Å². The summed E-state index contributed by atoms with van der Waals surface area (Å²) in [6.07, 6.45) is 5.57. The molecule has 0 radical (unpaired) electrons. The quantitative estimate of drug-likeness (QED) is 0.380. The highest BCUT2D eigenvalue weighted by Gasteiger charge is 2.32. The van der Waals surface area contributed by atoms with E-state index in [4.69, 9.17) is 11.6 Å². The molecule has 0 saturated heterocycles. The zero-order valence-corrected chi connectivity index (χ0v) is 21.1. The Balaban J connectivity index is 1.67. The van der Waals surface area contributed by atoms with Gasteiger partial charge in [-0.05, 0) is 36.1 Å². The molecule has 0 spiro atoms. The lowest BCUT2D eigenvalue weighted by Crippen LogP contribution is -2.53. The number of rotatable bonds is 9. The van der Waals surface area contributed by atoms with Crippen molar-refractivity contribution in [2.75, 3.05) is 0 Å². The molecule has 1 saturated carbocycles. The van der Waals surface area contributed by atoms with Crippen molar-refractivity contribution in [2.24, 2.45) is 0 Å². The van der Waals surface area contributed by atoms with Crippen molar-refractivity contribution in [1.82, 2.24) is 10.2 Å². The minimum absolute atomic E-state index is 0.00839. The smallest absolute Gasteiger partial charge is 0.243 e. The maximum Gasteiger partial charge on any atom is 0.243 e.